The quantitative estimate of drug-likeness (QED) is 0.360. The first-order valence-corrected chi connectivity index (χ1v) is 4.85. The maximum atomic E-state index is 5.59. The minimum absolute atomic E-state index is 0. The summed E-state index contributed by atoms with van der Waals surface area (Å²) in [5.74, 6) is 0.450. The van der Waals surface area contributed by atoms with Crippen molar-refractivity contribution in [2.75, 3.05) is 13.1 Å². The minimum atomic E-state index is 0. The van der Waals surface area contributed by atoms with Gasteiger partial charge >= 0.3 is 0 Å². The molecule has 0 aliphatic carbocycles. The summed E-state index contributed by atoms with van der Waals surface area (Å²) in [7, 11) is 1.90. The molecule has 5 nitrogen and oxygen atoms in total. The van der Waals surface area contributed by atoms with Gasteiger partial charge in [0.1, 0.15) is 0 Å². The first kappa shape index (κ1) is 14.9. The van der Waals surface area contributed by atoms with E-state index >= 15 is 0 Å². The molecule has 1 rings (SSSR count). The summed E-state index contributed by atoms with van der Waals surface area (Å²) >= 11 is 0. The molecule has 0 bridgehead atoms. The maximum absolute atomic E-state index is 5.59. The predicted octanol–water partition coefficient (Wildman–Crippen LogP) is 0.671. The SMILES string of the molecule is C=CCNC(N)=NCCc1ccn(C)n1.I. The molecule has 3 N–H and O–H groups in total. The van der Waals surface area contributed by atoms with Gasteiger partial charge in [0.05, 0.1) is 5.69 Å². The highest BCUT2D eigenvalue weighted by atomic mass is 127. The third-order valence-electron chi connectivity index (χ3n) is 1.85. The van der Waals surface area contributed by atoms with Gasteiger partial charge in [-0.05, 0) is 6.07 Å². The van der Waals surface area contributed by atoms with Gasteiger partial charge in [0.15, 0.2) is 5.96 Å². The predicted molar refractivity (Wildman–Crippen MR) is 77.0 cm³/mol. The molecule has 1 heterocycles. The Morgan fingerprint density at radius 1 is 1.75 bits per heavy atom. The number of hydrogen-bond donors (Lipinski definition) is 2. The average Bonchev–Trinajstić information content (AvgIpc) is 2.61. The van der Waals surface area contributed by atoms with E-state index < -0.39 is 0 Å². The van der Waals surface area contributed by atoms with Crippen molar-refractivity contribution in [2.45, 2.75) is 6.42 Å². The molecular formula is C10H18IN5. The fraction of sp³-hybridized carbons (Fsp3) is 0.400. The Balaban J connectivity index is 0.00000225. The molecule has 0 unspecified atom stereocenters. The van der Waals surface area contributed by atoms with Gasteiger partial charge in [-0.2, -0.15) is 5.10 Å². The van der Waals surface area contributed by atoms with Crippen LogP contribution in [-0.4, -0.2) is 28.8 Å². The van der Waals surface area contributed by atoms with Crippen LogP contribution in [0.25, 0.3) is 0 Å². The van der Waals surface area contributed by atoms with E-state index in [4.69, 9.17) is 5.73 Å². The highest BCUT2D eigenvalue weighted by Crippen LogP contribution is 1.95. The molecule has 0 aliphatic heterocycles. The Hall–Kier alpha value is -1.05. The van der Waals surface area contributed by atoms with E-state index in [-0.39, 0.29) is 24.0 Å². The van der Waals surface area contributed by atoms with Gasteiger partial charge in [0.2, 0.25) is 0 Å². The number of nitrogens with zero attached hydrogens (tertiary/aromatic N) is 3. The molecule has 0 spiro atoms. The Bertz CT molecular complexity index is 345. The zero-order valence-corrected chi connectivity index (χ0v) is 11.7. The number of aromatic nitrogens is 2. The van der Waals surface area contributed by atoms with Crippen molar-refractivity contribution in [1.82, 2.24) is 15.1 Å². The summed E-state index contributed by atoms with van der Waals surface area (Å²) in [4.78, 5) is 4.15. The van der Waals surface area contributed by atoms with E-state index in [1.165, 1.54) is 0 Å². The Kier molecular flexibility index (Phi) is 7.61. The summed E-state index contributed by atoms with van der Waals surface area (Å²) in [6.45, 7) is 4.86. The number of hydrogen-bond acceptors (Lipinski definition) is 2. The van der Waals surface area contributed by atoms with Crippen molar-refractivity contribution in [3.63, 3.8) is 0 Å². The van der Waals surface area contributed by atoms with Crippen LogP contribution < -0.4 is 11.1 Å². The number of nitrogens with two attached hydrogens (primary N) is 1. The Labute approximate surface area is 113 Å². The van der Waals surface area contributed by atoms with Crippen LogP contribution >= 0.6 is 24.0 Å². The topological polar surface area (TPSA) is 68.2 Å². The third kappa shape index (κ3) is 5.74. The first-order valence-electron chi connectivity index (χ1n) is 4.85. The van der Waals surface area contributed by atoms with Gasteiger partial charge in [-0.15, -0.1) is 30.6 Å². The van der Waals surface area contributed by atoms with Crippen LogP contribution in [0.15, 0.2) is 29.9 Å². The van der Waals surface area contributed by atoms with Crippen LogP contribution in [0.1, 0.15) is 5.69 Å². The van der Waals surface area contributed by atoms with Crippen LogP contribution in [0.4, 0.5) is 0 Å². The van der Waals surface area contributed by atoms with E-state index in [0.29, 0.717) is 19.0 Å². The van der Waals surface area contributed by atoms with Crippen molar-refractivity contribution in [2.24, 2.45) is 17.8 Å². The molecule has 0 aliphatic rings. The van der Waals surface area contributed by atoms with Crippen molar-refractivity contribution in [3.8, 4) is 0 Å². The summed E-state index contributed by atoms with van der Waals surface area (Å²) in [5, 5.41) is 7.15. The number of halogens is 1. The normalized spacial score (nSPS) is 10.7. The van der Waals surface area contributed by atoms with Gasteiger partial charge in [0.25, 0.3) is 0 Å². The first-order chi connectivity index (χ1) is 7.22. The average molecular weight is 335 g/mol. The maximum Gasteiger partial charge on any atom is 0.188 e. The zero-order valence-electron chi connectivity index (χ0n) is 9.39. The highest BCUT2D eigenvalue weighted by Gasteiger charge is 1.95. The van der Waals surface area contributed by atoms with Crippen molar-refractivity contribution in [1.29, 1.82) is 0 Å². The van der Waals surface area contributed by atoms with Gasteiger partial charge in [-0.3, -0.25) is 9.67 Å². The lowest BCUT2D eigenvalue weighted by molar-refractivity contribution is 0.738. The molecular weight excluding hydrogens is 317 g/mol. The molecule has 6 heteroatoms. The second-order valence-electron chi connectivity index (χ2n) is 3.17. The van der Waals surface area contributed by atoms with Crippen molar-refractivity contribution in [3.05, 3.63) is 30.6 Å². The largest absolute Gasteiger partial charge is 0.370 e. The van der Waals surface area contributed by atoms with Gasteiger partial charge in [-0.1, -0.05) is 6.08 Å². The highest BCUT2D eigenvalue weighted by molar-refractivity contribution is 14.0. The number of rotatable bonds is 5. The zero-order chi connectivity index (χ0) is 11.1. The molecule has 0 saturated heterocycles. The van der Waals surface area contributed by atoms with Gasteiger partial charge in [0, 0.05) is 32.8 Å². The third-order valence-corrected chi connectivity index (χ3v) is 1.85. The van der Waals surface area contributed by atoms with Crippen molar-refractivity contribution < 1.29 is 0 Å². The van der Waals surface area contributed by atoms with Crippen molar-refractivity contribution >= 4 is 29.9 Å². The fourth-order valence-electron chi connectivity index (χ4n) is 1.12. The van der Waals surface area contributed by atoms with Crippen LogP contribution in [-0.2, 0) is 13.5 Å². The second-order valence-corrected chi connectivity index (χ2v) is 3.17. The lowest BCUT2D eigenvalue weighted by Crippen LogP contribution is -2.31. The number of aryl methyl sites for hydroxylation is 1. The monoisotopic (exact) mass is 335 g/mol. The number of guanidine groups is 1. The summed E-state index contributed by atoms with van der Waals surface area (Å²) < 4.78 is 1.78. The summed E-state index contributed by atoms with van der Waals surface area (Å²) in [6, 6.07) is 1.98. The number of aliphatic imine (C=N–C) groups is 1. The van der Waals surface area contributed by atoms with Crippen LogP contribution in [0.5, 0.6) is 0 Å². The molecule has 0 amide bonds. The molecule has 16 heavy (non-hydrogen) atoms. The Morgan fingerprint density at radius 2 is 2.50 bits per heavy atom. The van der Waals surface area contributed by atoms with Gasteiger partial charge < -0.3 is 11.1 Å². The molecule has 90 valence electrons. The lowest BCUT2D eigenvalue weighted by Gasteiger charge is -2.00. The van der Waals surface area contributed by atoms with E-state index in [0.717, 1.165) is 12.1 Å². The smallest absolute Gasteiger partial charge is 0.188 e. The van der Waals surface area contributed by atoms with E-state index in [1.807, 2.05) is 19.3 Å². The fourth-order valence-corrected chi connectivity index (χ4v) is 1.12. The summed E-state index contributed by atoms with van der Waals surface area (Å²) in [6.07, 6.45) is 4.46. The molecule has 1 aromatic rings. The standard InChI is InChI=1S/C10H17N5.HI/c1-3-6-12-10(11)13-7-4-9-5-8-15(2)14-9;/h3,5,8H,1,4,6-7H2,2H3,(H3,11,12,13);1H. The van der Waals surface area contributed by atoms with Crippen LogP contribution in [0.2, 0.25) is 0 Å². The second kappa shape index (κ2) is 8.14. The molecule has 0 fully saturated rings. The Morgan fingerprint density at radius 3 is 3.06 bits per heavy atom. The molecule has 0 radical (unpaired) electrons. The lowest BCUT2D eigenvalue weighted by atomic mass is 10.3. The minimum Gasteiger partial charge on any atom is -0.370 e. The molecule has 0 aromatic carbocycles. The summed E-state index contributed by atoms with van der Waals surface area (Å²) in [5.41, 5.74) is 6.62. The van der Waals surface area contributed by atoms with E-state index in [9.17, 15) is 0 Å². The molecule has 0 saturated carbocycles. The van der Waals surface area contributed by atoms with Crippen LogP contribution in [0, 0.1) is 0 Å². The number of nitrogens with one attached hydrogen (secondary N) is 1. The van der Waals surface area contributed by atoms with E-state index in [1.54, 1.807) is 10.8 Å². The van der Waals surface area contributed by atoms with Gasteiger partial charge in [-0.25, -0.2) is 0 Å². The van der Waals surface area contributed by atoms with Crippen LogP contribution in [0.3, 0.4) is 0 Å². The van der Waals surface area contributed by atoms with E-state index in [2.05, 4.69) is 22.0 Å². The molecule has 1 aromatic heterocycles. The molecule has 0 atom stereocenters.